The number of fused-ring (bicyclic) bond motifs is 1. The Bertz CT molecular complexity index is 716. The molecule has 0 saturated carbocycles. The highest BCUT2D eigenvalue weighted by atomic mass is 35.5. The molecule has 4 nitrogen and oxygen atoms in total. The van der Waals surface area contributed by atoms with Crippen molar-refractivity contribution in [3.8, 4) is 0 Å². The van der Waals surface area contributed by atoms with Gasteiger partial charge in [-0.05, 0) is 0 Å². The van der Waals surface area contributed by atoms with Crippen LogP contribution in [0.15, 0.2) is 18.6 Å². The van der Waals surface area contributed by atoms with Crippen LogP contribution >= 0.6 is 23.2 Å². The summed E-state index contributed by atoms with van der Waals surface area (Å²) in [6.45, 7) is 1.50. The molecule has 1 aliphatic heterocycles. The third-order valence-corrected chi connectivity index (χ3v) is 4.25. The van der Waals surface area contributed by atoms with Crippen molar-refractivity contribution in [3.05, 3.63) is 51.3 Å². The maximum Gasteiger partial charge on any atom is 0.451 e. The van der Waals surface area contributed by atoms with Gasteiger partial charge in [0.1, 0.15) is 0 Å². The first-order valence-electron chi connectivity index (χ1n) is 6.77. The third kappa shape index (κ3) is 3.57. The van der Waals surface area contributed by atoms with Gasteiger partial charge in [0.2, 0.25) is 5.82 Å². The first-order chi connectivity index (χ1) is 10.8. The Labute approximate surface area is 140 Å². The SMILES string of the molecule is FC(F)(F)c1ncc2c(n1)CCN(Cc1c(Cl)cncc1Cl)C2. The van der Waals surface area contributed by atoms with Crippen LogP contribution in [-0.2, 0) is 25.7 Å². The van der Waals surface area contributed by atoms with E-state index in [1.165, 1.54) is 18.6 Å². The largest absolute Gasteiger partial charge is 0.451 e. The number of rotatable bonds is 2. The maximum atomic E-state index is 12.6. The summed E-state index contributed by atoms with van der Waals surface area (Å²) in [7, 11) is 0. The van der Waals surface area contributed by atoms with Crippen molar-refractivity contribution >= 4 is 23.2 Å². The minimum atomic E-state index is -4.52. The van der Waals surface area contributed by atoms with Crippen LogP contribution in [0.2, 0.25) is 10.0 Å². The average molecular weight is 363 g/mol. The molecule has 0 N–H and O–H groups in total. The van der Waals surface area contributed by atoms with E-state index in [4.69, 9.17) is 23.2 Å². The Kier molecular flexibility index (Phi) is 4.44. The number of alkyl halides is 3. The van der Waals surface area contributed by atoms with E-state index in [2.05, 4.69) is 15.0 Å². The molecule has 0 unspecified atom stereocenters. The number of nitrogens with zero attached hydrogens (tertiary/aromatic N) is 4. The lowest BCUT2D eigenvalue weighted by Crippen LogP contribution is -2.31. The Morgan fingerprint density at radius 3 is 2.48 bits per heavy atom. The Hall–Kier alpha value is -1.44. The maximum absolute atomic E-state index is 12.6. The molecule has 9 heteroatoms. The summed E-state index contributed by atoms with van der Waals surface area (Å²) in [6, 6.07) is 0. The predicted molar refractivity (Wildman–Crippen MR) is 79.1 cm³/mol. The van der Waals surface area contributed by atoms with Crippen LogP contribution in [0, 0.1) is 0 Å². The van der Waals surface area contributed by atoms with Crippen LogP contribution < -0.4 is 0 Å². The molecule has 3 rings (SSSR count). The number of aromatic nitrogens is 3. The predicted octanol–water partition coefficient (Wildman–Crippen LogP) is 3.76. The van der Waals surface area contributed by atoms with E-state index in [-0.39, 0.29) is 0 Å². The molecule has 2 aromatic heterocycles. The monoisotopic (exact) mass is 362 g/mol. The summed E-state index contributed by atoms with van der Waals surface area (Å²) in [5, 5.41) is 0.930. The van der Waals surface area contributed by atoms with Crippen LogP contribution in [-0.4, -0.2) is 26.4 Å². The molecule has 0 spiro atoms. The zero-order chi connectivity index (χ0) is 16.6. The normalized spacial score (nSPS) is 15.5. The molecule has 3 heterocycles. The summed E-state index contributed by atoms with van der Waals surface area (Å²) in [4.78, 5) is 13.0. The Morgan fingerprint density at radius 1 is 1.13 bits per heavy atom. The van der Waals surface area contributed by atoms with Gasteiger partial charge in [0.25, 0.3) is 0 Å². The van der Waals surface area contributed by atoms with Gasteiger partial charge >= 0.3 is 6.18 Å². The van der Waals surface area contributed by atoms with Gasteiger partial charge in [-0.2, -0.15) is 13.2 Å². The summed E-state index contributed by atoms with van der Waals surface area (Å²) >= 11 is 12.2. The smallest absolute Gasteiger partial charge is 0.294 e. The highest BCUT2D eigenvalue weighted by molar-refractivity contribution is 6.35. The summed E-state index contributed by atoms with van der Waals surface area (Å²) in [5.74, 6) is -1.09. The molecule has 0 fully saturated rings. The summed E-state index contributed by atoms with van der Waals surface area (Å²) in [5.41, 5.74) is 1.88. The molecule has 0 saturated heterocycles. The quantitative estimate of drug-likeness (QED) is 0.815. The lowest BCUT2D eigenvalue weighted by Gasteiger charge is -2.28. The molecule has 0 aromatic carbocycles. The second-order valence-electron chi connectivity index (χ2n) is 5.21. The van der Waals surface area contributed by atoms with Gasteiger partial charge in [0, 0.05) is 55.8 Å². The first kappa shape index (κ1) is 16.4. The molecular weight excluding hydrogens is 352 g/mol. The molecule has 1 aliphatic rings. The zero-order valence-electron chi connectivity index (χ0n) is 11.7. The van der Waals surface area contributed by atoms with Gasteiger partial charge in [-0.3, -0.25) is 9.88 Å². The van der Waals surface area contributed by atoms with Crippen molar-refractivity contribution in [1.29, 1.82) is 0 Å². The second kappa shape index (κ2) is 6.22. The van der Waals surface area contributed by atoms with E-state index in [1.807, 2.05) is 4.90 Å². The average Bonchev–Trinajstić information content (AvgIpc) is 2.49. The van der Waals surface area contributed by atoms with Crippen LogP contribution in [0.3, 0.4) is 0 Å². The molecule has 122 valence electrons. The minimum absolute atomic E-state index is 0.418. The van der Waals surface area contributed by atoms with Gasteiger partial charge in [-0.1, -0.05) is 23.2 Å². The van der Waals surface area contributed by atoms with Gasteiger partial charge in [-0.15, -0.1) is 0 Å². The molecular formula is C14H11Cl2F3N4. The van der Waals surface area contributed by atoms with E-state index in [0.717, 1.165) is 5.56 Å². The van der Waals surface area contributed by atoms with Crippen LogP contribution in [0.1, 0.15) is 22.6 Å². The van der Waals surface area contributed by atoms with Crippen LogP contribution in [0.4, 0.5) is 13.2 Å². The fourth-order valence-electron chi connectivity index (χ4n) is 2.46. The van der Waals surface area contributed by atoms with Crippen molar-refractivity contribution in [2.45, 2.75) is 25.7 Å². The summed E-state index contributed by atoms with van der Waals surface area (Å²) < 4.78 is 37.9. The summed E-state index contributed by atoms with van der Waals surface area (Å²) in [6.07, 6.45) is 0.164. The van der Waals surface area contributed by atoms with Crippen molar-refractivity contribution in [1.82, 2.24) is 19.9 Å². The molecule has 0 radical (unpaired) electrons. The first-order valence-corrected chi connectivity index (χ1v) is 7.52. The van der Waals surface area contributed by atoms with Gasteiger partial charge < -0.3 is 0 Å². The highest BCUT2D eigenvalue weighted by Gasteiger charge is 2.35. The standard InChI is InChI=1S/C14H11Cl2F3N4/c15-10-4-20-5-11(16)9(10)7-23-2-1-12-8(6-23)3-21-13(22-12)14(17,18)19/h3-5H,1-2,6-7H2. The van der Waals surface area contributed by atoms with Crippen molar-refractivity contribution in [2.24, 2.45) is 0 Å². The highest BCUT2D eigenvalue weighted by Crippen LogP contribution is 2.29. The third-order valence-electron chi connectivity index (χ3n) is 3.60. The molecule has 23 heavy (non-hydrogen) atoms. The number of pyridine rings is 1. The van der Waals surface area contributed by atoms with E-state index < -0.39 is 12.0 Å². The second-order valence-corrected chi connectivity index (χ2v) is 6.02. The van der Waals surface area contributed by atoms with E-state index in [9.17, 15) is 13.2 Å². The Balaban J connectivity index is 1.79. The number of halogens is 5. The van der Waals surface area contributed by atoms with Crippen LogP contribution in [0.25, 0.3) is 0 Å². The van der Waals surface area contributed by atoms with Gasteiger partial charge in [0.15, 0.2) is 0 Å². The topological polar surface area (TPSA) is 41.9 Å². The lowest BCUT2D eigenvalue weighted by atomic mass is 10.1. The van der Waals surface area contributed by atoms with Crippen molar-refractivity contribution in [2.75, 3.05) is 6.54 Å². The van der Waals surface area contributed by atoms with Gasteiger partial charge in [0.05, 0.1) is 15.7 Å². The van der Waals surface area contributed by atoms with E-state index in [1.54, 1.807) is 0 Å². The zero-order valence-corrected chi connectivity index (χ0v) is 13.3. The fourth-order valence-corrected chi connectivity index (χ4v) is 2.94. The fraction of sp³-hybridized carbons (Fsp3) is 0.357. The molecule has 0 bridgehead atoms. The molecule has 0 atom stereocenters. The van der Waals surface area contributed by atoms with Crippen molar-refractivity contribution in [3.63, 3.8) is 0 Å². The molecule has 2 aromatic rings. The van der Waals surface area contributed by atoms with Crippen molar-refractivity contribution < 1.29 is 13.2 Å². The molecule has 0 aliphatic carbocycles. The molecule has 0 amide bonds. The number of hydrogen-bond donors (Lipinski definition) is 0. The van der Waals surface area contributed by atoms with E-state index >= 15 is 0 Å². The lowest BCUT2D eigenvalue weighted by molar-refractivity contribution is -0.145. The number of hydrogen-bond acceptors (Lipinski definition) is 4. The van der Waals surface area contributed by atoms with E-state index in [0.29, 0.717) is 47.4 Å². The Morgan fingerprint density at radius 2 is 1.83 bits per heavy atom. The minimum Gasteiger partial charge on any atom is -0.294 e. The van der Waals surface area contributed by atoms with Crippen LogP contribution in [0.5, 0.6) is 0 Å². The van der Waals surface area contributed by atoms with Gasteiger partial charge in [-0.25, -0.2) is 9.97 Å².